The number of carboxylic acid groups (broad SMARTS) is 1. The van der Waals surface area contributed by atoms with E-state index in [0.29, 0.717) is 60.1 Å². The third kappa shape index (κ3) is 3.88. The molecule has 0 saturated carbocycles. The van der Waals surface area contributed by atoms with Crippen LogP contribution in [0.1, 0.15) is 22.8 Å². The van der Waals surface area contributed by atoms with Crippen molar-refractivity contribution in [2.45, 2.75) is 6.92 Å². The Bertz CT molecular complexity index is 939. The van der Waals surface area contributed by atoms with E-state index in [1.807, 2.05) is 17.0 Å². The number of anilines is 1. The van der Waals surface area contributed by atoms with Gasteiger partial charge in [0.1, 0.15) is 5.75 Å². The standard InChI is InChI=1S/C20H20N4O4/c1-3-4-14-12-18(28-2)16(11-15(14)13-25)17-5-6-19(22-21-17)23-7-9-24(10-8-23)20(26)27/h5-6,11-13H,7-10H2,1-2H3,(H,26,27). The minimum atomic E-state index is -0.907. The Morgan fingerprint density at radius 3 is 2.50 bits per heavy atom. The van der Waals surface area contributed by atoms with Crippen molar-refractivity contribution >= 4 is 18.2 Å². The monoisotopic (exact) mass is 380 g/mol. The fraction of sp³-hybridized carbons (Fsp3) is 0.300. The van der Waals surface area contributed by atoms with Crippen LogP contribution < -0.4 is 9.64 Å². The number of rotatable bonds is 4. The van der Waals surface area contributed by atoms with Gasteiger partial charge in [0.05, 0.1) is 12.8 Å². The van der Waals surface area contributed by atoms with Gasteiger partial charge in [-0.05, 0) is 31.2 Å². The smallest absolute Gasteiger partial charge is 0.407 e. The summed E-state index contributed by atoms with van der Waals surface area (Å²) in [7, 11) is 1.55. The fourth-order valence-corrected chi connectivity index (χ4v) is 3.07. The number of aldehydes is 1. The van der Waals surface area contributed by atoms with Crippen molar-refractivity contribution in [1.29, 1.82) is 0 Å². The van der Waals surface area contributed by atoms with E-state index in [-0.39, 0.29) is 0 Å². The van der Waals surface area contributed by atoms with E-state index in [2.05, 4.69) is 22.0 Å². The van der Waals surface area contributed by atoms with Gasteiger partial charge < -0.3 is 19.6 Å². The Labute approximate surface area is 162 Å². The van der Waals surface area contributed by atoms with Gasteiger partial charge in [-0.1, -0.05) is 5.92 Å². The molecule has 1 amide bonds. The molecule has 144 valence electrons. The van der Waals surface area contributed by atoms with Gasteiger partial charge in [0.15, 0.2) is 12.1 Å². The molecule has 0 aliphatic carbocycles. The predicted octanol–water partition coefficient (Wildman–Crippen LogP) is 2.14. The minimum Gasteiger partial charge on any atom is -0.496 e. The Morgan fingerprint density at radius 2 is 1.96 bits per heavy atom. The molecule has 1 aliphatic rings. The quantitative estimate of drug-likeness (QED) is 0.641. The normalized spacial score (nSPS) is 13.5. The van der Waals surface area contributed by atoms with E-state index in [1.165, 1.54) is 4.90 Å². The van der Waals surface area contributed by atoms with Crippen LogP contribution in [0.25, 0.3) is 11.3 Å². The lowest BCUT2D eigenvalue weighted by molar-refractivity contribution is 0.112. The Kier molecular flexibility index (Phi) is 5.75. The largest absolute Gasteiger partial charge is 0.496 e. The zero-order chi connectivity index (χ0) is 20.1. The number of piperazine rings is 1. The maximum atomic E-state index is 11.4. The van der Waals surface area contributed by atoms with Crippen molar-refractivity contribution in [2.24, 2.45) is 0 Å². The van der Waals surface area contributed by atoms with Crippen molar-refractivity contribution in [1.82, 2.24) is 15.1 Å². The summed E-state index contributed by atoms with van der Waals surface area (Å²) in [6.07, 6.45) is -0.151. The number of hydrogen-bond acceptors (Lipinski definition) is 6. The van der Waals surface area contributed by atoms with E-state index in [9.17, 15) is 9.59 Å². The Morgan fingerprint density at radius 1 is 1.21 bits per heavy atom. The molecule has 0 radical (unpaired) electrons. The first-order chi connectivity index (χ1) is 13.6. The molecule has 1 saturated heterocycles. The van der Waals surface area contributed by atoms with Crippen LogP contribution >= 0.6 is 0 Å². The van der Waals surface area contributed by atoms with Gasteiger partial charge >= 0.3 is 6.09 Å². The highest BCUT2D eigenvalue weighted by molar-refractivity contribution is 5.85. The summed E-state index contributed by atoms with van der Waals surface area (Å²) in [5.74, 6) is 6.91. The molecule has 2 heterocycles. The third-order valence-corrected chi connectivity index (χ3v) is 4.56. The second-order valence-electron chi connectivity index (χ2n) is 6.17. The van der Waals surface area contributed by atoms with E-state index < -0.39 is 6.09 Å². The molecule has 8 heteroatoms. The van der Waals surface area contributed by atoms with Gasteiger partial charge in [0.2, 0.25) is 0 Å². The first-order valence-electron chi connectivity index (χ1n) is 8.74. The van der Waals surface area contributed by atoms with Crippen LogP contribution in [0.2, 0.25) is 0 Å². The molecule has 2 aromatic rings. The average Bonchev–Trinajstić information content (AvgIpc) is 2.74. The van der Waals surface area contributed by atoms with Gasteiger partial charge in [0, 0.05) is 42.9 Å². The molecule has 0 spiro atoms. The zero-order valence-corrected chi connectivity index (χ0v) is 15.7. The van der Waals surface area contributed by atoms with E-state index in [4.69, 9.17) is 9.84 Å². The number of methoxy groups -OCH3 is 1. The number of nitrogens with zero attached hydrogens (tertiary/aromatic N) is 4. The number of aromatic nitrogens is 2. The molecular weight excluding hydrogens is 360 g/mol. The maximum Gasteiger partial charge on any atom is 0.407 e. The molecule has 1 aromatic carbocycles. The summed E-state index contributed by atoms with van der Waals surface area (Å²) in [6.45, 7) is 3.67. The summed E-state index contributed by atoms with van der Waals surface area (Å²) >= 11 is 0. The molecule has 8 nitrogen and oxygen atoms in total. The van der Waals surface area contributed by atoms with Crippen LogP contribution in [0.5, 0.6) is 5.75 Å². The molecule has 3 rings (SSSR count). The lowest BCUT2D eigenvalue weighted by Crippen LogP contribution is -2.48. The number of amides is 1. The number of hydrogen-bond donors (Lipinski definition) is 1. The first-order valence-corrected chi connectivity index (χ1v) is 8.74. The number of carbonyl (C=O) groups excluding carboxylic acids is 1. The number of carbonyl (C=O) groups is 2. The summed E-state index contributed by atoms with van der Waals surface area (Å²) < 4.78 is 5.44. The molecule has 0 bridgehead atoms. The topological polar surface area (TPSA) is 95.9 Å². The van der Waals surface area contributed by atoms with Gasteiger partial charge in [-0.3, -0.25) is 4.79 Å². The first kappa shape index (κ1) is 19.2. The fourth-order valence-electron chi connectivity index (χ4n) is 3.07. The van der Waals surface area contributed by atoms with Crippen LogP contribution in [0.3, 0.4) is 0 Å². The zero-order valence-electron chi connectivity index (χ0n) is 15.7. The Balaban J connectivity index is 1.86. The van der Waals surface area contributed by atoms with Gasteiger partial charge in [-0.2, -0.15) is 0 Å². The molecule has 28 heavy (non-hydrogen) atoms. The second-order valence-corrected chi connectivity index (χ2v) is 6.17. The van der Waals surface area contributed by atoms with Crippen molar-refractivity contribution in [3.8, 4) is 28.8 Å². The summed E-state index contributed by atoms with van der Waals surface area (Å²) in [5, 5.41) is 17.6. The molecule has 1 fully saturated rings. The Hall–Kier alpha value is -3.60. The lowest BCUT2D eigenvalue weighted by Gasteiger charge is -2.33. The van der Waals surface area contributed by atoms with Crippen molar-refractivity contribution in [3.63, 3.8) is 0 Å². The lowest BCUT2D eigenvalue weighted by atomic mass is 10.0. The highest BCUT2D eigenvalue weighted by Gasteiger charge is 2.21. The minimum absolute atomic E-state index is 0.426. The molecule has 1 aliphatic heterocycles. The number of ether oxygens (including phenoxy) is 1. The summed E-state index contributed by atoms with van der Waals surface area (Å²) in [4.78, 5) is 25.8. The summed E-state index contributed by atoms with van der Waals surface area (Å²) in [6, 6.07) is 7.05. The summed E-state index contributed by atoms with van der Waals surface area (Å²) in [5.41, 5.74) is 2.28. The van der Waals surface area contributed by atoms with E-state index in [1.54, 1.807) is 26.2 Å². The van der Waals surface area contributed by atoms with Gasteiger partial charge in [-0.15, -0.1) is 16.1 Å². The molecular formula is C20H20N4O4. The van der Waals surface area contributed by atoms with E-state index >= 15 is 0 Å². The maximum absolute atomic E-state index is 11.4. The van der Waals surface area contributed by atoms with Crippen LogP contribution in [-0.2, 0) is 0 Å². The van der Waals surface area contributed by atoms with Crippen molar-refractivity contribution in [2.75, 3.05) is 38.2 Å². The van der Waals surface area contributed by atoms with Gasteiger partial charge in [-0.25, -0.2) is 4.79 Å². The molecule has 1 aromatic heterocycles. The highest BCUT2D eigenvalue weighted by atomic mass is 16.5. The van der Waals surface area contributed by atoms with Crippen molar-refractivity contribution < 1.29 is 19.4 Å². The van der Waals surface area contributed by atoms with Crippen molar-refractivity contribution in [3.05, 3.63) is 35.4 Å². The third-order valence-electron chi connectivity index (χ3n) is 4.56. The van der Waals surface area contributed by atoms with Crippen LogP contribution in [0.4, 0.5) is 10.6 Å². The highest BCUT2D eigenvalue weighted by Crippen LogP contribution is 2.31. The predicted molar refractivity (Wildman–Crippen MR) is 104 cm³/mol. The molecule has 0 atom stereocenters. The second kappa shape index (κ2) is 8.39. The number of benzene rings is 1. The average molecular weight is 380 g/mol. The molecule has 1 N–H and O–H groups in total. The van der Waals surface area contributed by atoms with Crippen LogP contribution in [0.15, 0.2) is 24.3 Å². The SMILES string of the molecule is CC#Cc1cc(OC)c(-c2ccc(N3CCN(C(=O)O)CC3)nn2)cc1C=O. The molecule has 0 unspecified atom stereocenters. The van der Waals surface area contributed by atoms with E-state index in [0.717, 1.165) is 6.29 Å². The van der Waals surface area contributed by atoms with Crippen LogP contribution in [-0.4, -0.2) is 65.9 Å². The van der Waals surface area contributed by atoms with Gasteiger partial charge in [0.25, 0.3) is 0 Å². The van der Waals surface area contributed by atoms with Crippen LogP contribution in [0, 0.1) is 11.8 Å².